The van der Waals surface area contributed by atoms with Crippen LogP contribution in [-0.2, 0) is 23.8 Å². The van der Waals surface area contributed by atoms with Crippen LogP contribution in [0, 0.1) is 17.8 Å². The third-order valence-electron chi connectivity index (χ3n) is 5.89. The first-order chi connectivity index (χ1) is 11.1. The molecule has 2 aliphatic carbocycles. The summed E-state index contributed by atoms with van der Waals surface area (Å²) in [6.45, 7) is 11.0. The van der Waals surface area contributed by atoms with Crippen molar-refractivity contribution in [2.24, 2.45) is 17.8 Å². The average Bonchev–Trinajstić information content (AvgIpc) is 2.73. The van der Waals surface area contributed by atoms with E-state index in [-0.39, 0.29) is 35.6 Å². The van der Waals surface area contributed by atoms with Crippen LogP contribution in [0.3, 0.4) is 0 Å². The molecule has 6 unspecified atom stereocenters. The number of rotatable bonds is 2. The average molecular weight is 336 g/mol. The van der Waals surface area contributed by atoms with Gasteiger partial charge in [0.25, 0.3) is 0 Å². The molecule has 5 nitrogen and oxygen atoms in total. The van der Waals surface area contributed by atoms with Crippen LogP contribution in [0.1, 0.15) is 54.4 Å². The lowest BCUT2D eigenvalue weighted by atomic mass is 9.57. The van der Waals surface area contributed by atoms with Crippen molar-refractivity contribution in [1.82, 2.24) is 0 Å². The zero-order chi connectivity index (χ0) is 17.9. The molecule has 0 bridgehead atoms. The fourth-order valence-electron chi connectivity index (χ4n) is 4.97. The summed E-state index contributed by atoms with van der Waals surface area (Å²) in [7, 11) is 0. The van der Waals surface area contributed by atoms with Crippen LogP contribution >= 0.6 is 0 Å². The molecule has 24 heavy (non-hydrogen) atoms. The van der Waals surface area contributed by atoms with Gasteiger partial charge >= 0.3 is 5.97 Å². The number of ketones is 1. The molecule has 0 aromatic carbocycles. The summed E-state index contributed by atoms with van der Waals surface area (Å²) in [5.41, 5.74) is 0.315. The molecule has 6 atom stereocenters. The van der Waals surface area contributed by atoms with Crippen LogP contribution in [0.4, 0.5) is 0 Å². The Kier molecular flexibility index (Phi) is 4.16. The van der Waals surface area contributed by atoms with Crippen molar-refractivity contribution in [3.05, 3.63) is 11.6 Å². The zero-order valence-corrected chi connectivity index (χ0v) is 15.4. The first kappa shape index (κ1) is 17.6. The van der Waals surface area contributed by atoms with E-state index in [1.165, 1.54) is 6.92 Å². The molecule has 0 amide bonds. The van der Waals surface area contributed by atoms with Crippen molar-refractivity contribution >= 4 is 11.8 Å². The molecule has 1 saturated carbocycles. The number of esters is 1. The molecule has 134 valence electrons. The van der Waals surface area contributed by atoms with Crippen LogP contribution in [0.15, 0.2) is 11.6 Å². The third kappa shape index (κ3) is 2.53. The van der Waals surface area contributed by atoms with Crippen molar-refractivity contribution < 1.29 is 23.8 Å². The van der Waals surface area contributed by atoms with Gasteiger partial charge < -0.3 is 14.2 Å². The van der Waals surface area contributed by atoms with E-state index < -0.39 is 17.5 Å². The molecule has 2 fully saturated rings. The molecular formula is C19H28O5. The lowest BCUT2D eigenvalue weighted by Crippen LogP contribution is -2.63. The van der Waals surface area contributed by atoms with Crippen molar-refractivity contribution in [2.45, 2.75) is 78.0 Å². The highest BCUT2D eigenvalue weighted by atomic mass is 16.8. The van der Waals surface area contributed by atoms with E-state index in [9.17, 15) is 9.59 Å². The molecule has 3 aliphatic rings. The van der Waals surface area contributed by atoms with Gasteiger partial charge in [0.15, 0.2) is 11.9 Å². The highest BCUT2D eigenvalue weighted by Crippen LogP contribution is 2.57. The molecule has 0 aromatic rings. The minimum absolute atomic E-state index is 0.0441. The second-order valence-electron chi connectivity index (χ2n) is 8.06. The van der Waals surface area contributed by atoms with Crippen LogP contribution < -0.4 is 0 Å². The lowest BCUT2D eigenvalue weighted by molar-refractivity contribution is -0.196. The topological polar surface area (TPSA) is 61.8 Å². The van der Waals surface area contributed by atoms with Gasteiger partial charge in [-0.15, -0.1) is 0 Å². The highest BCUT2D eigenvalue weighted by molar-refractivity contribution is 5.79. The van der Waals surface area contributed by atoms with E-state index in [0.717, 1.165) is 18.4 Å². The normalized spacial score (nSPS) is 43.4. The first-order valence-corrected chi connectivity index (χ1v) is 8.82. The van der Waals surface area contributed by atoms with Crippen molar-refractivity contribution in [3.63, 3.8) is 0 Å². The number of hydrogen-bond acceptors (Lipinski definition) is 5. The lowest BCUT2D eigenvalue weighted by Gasteiger charge is -2.53. The summed E-state index contributed by atoms with van der Waals surface area (Å²) in [5.74, 6) is -0.819. The van der Waals surface area contributed by atoms with Crippen LogP contribution in [0.2, 0.25) is 0 Å². The molecule has 0 aromatic heterocycles. The number of hydrogen-bond donors (Lipinski definition) is 0. The number of Topliss-reactive ketones (excluding diaryl/α,β-unsaturated/α-hetero) is 1. The summed E-state index contributed by atoms with van der Waals surface area (Å²) < 4.78 is 18.3. The zero-order valence-electron chi connectivity index (χ0n) is 15.4. The Morgan fingerprint density at radius 1 is 1.25 bits per heavy atom. The van der Waals surface area contributed by atoms with Gasteiger partial charge in [0.2, 0.25) is 0 Å². The fourth-order valence-corrected chi connectivity index (χ4v) is 4.97. The second-order valence-corrected chi connectivity index (χ2v) is 8.06. The van der Waals surface area contributed by atoms with Gasteiger partial charge in [0.05, 0.1) is 0 Å². The molecule has 1 heterocycles. The van der Waals surface area contributed by atoms with Gasteiger partial charge in [-0.25, -0.2) is 0 Å². The Balaban J connectivity index is 2.13. The molecule has 5 heteroatoms. The smallest absolute Gasteiger partial charge is 0.303 e. The Labute approximate surface area is 143 Å². The van der Waals surface area contributed by atoms with Crippen molar-refractivity contribution in [1.29, 1.82) is 0 Å². The van der Waals surface area contributed by atoms with E-state index in [1.807, 2.05) is 20.8 Å². The minimum atomic E-state index is -0.771. The van der Waals surface area contributed by atoms with E-state index in [1.54, 1.807) is 6.92 Å². The van der Waals surface area contributed by atoms with E-state index in [2.05, 4.69) is 13.0 Å². The molecule has 1 saturated heterocycles. The van der Waals surface area contributed by atoms with Crippen LogP contribution in [0.25, 0.3) is 0 Å². The van der Waals surface area contributed by atoms with Gasteiger partial charge in [0.1, 0.15) is 17.5 Å². The van der Waals surface area contributed by atoms with Gasteiger partial charge in [0, 0.05) is 18.8 Å². The second kappa shape index (κ2) is 5.67. The van der Waals surface area contributed by atoms with Gasteiger partial charge in [-0.2, -0.15) is 0 Å². The maximum atomic E-state index is 12.3. The minimum Gasteiger partial charge on any atom is -0.455 e. The van der Waals surface area contributed by atoms with Gasteiger partial charge in [-0.1, -0.05) is 13.0 Å². The quantitative estimate of drug-likeness (QED) is 0.573. The standard InChI is InChI=1S/C19H28O5/c1-10-9-15-14(12(3)20)8-7-11(2)19(15)17(16(10)22-13(4)21)23-18(5,6)24-19/h9,11,14-17H,7-8H2,1-6H3. The van der Waals surface area contributed by atoms with E-state index in [4.69, 9.17) is 14.2 Å². The van der Waals surface area contributed by atoms with Gasteiger partial charge in [-0.05, 0) is 52.0 Å². The SMILES string of the molecule is CC(=O)OC1C(C)=CC2C(C(C)=O)CCC(C)C23OC(C)(C)OC13. The van der Waals surface area contributed by atoms with E-state index >= 15 is 0 Å². The molecular weight excluding hydrogens is 308 g/mol. The summed E-state index contributed by atoms with van der Waals surface area (Å²) in [4.78, 5) is 23.9. The Morgan fingerprint density at radius 3 is 2.50 bits per heavy atom. The summed E-state index contributed by atoms with van der Waals surface area (Å²) in [6.07, 6.45) is 3.01. The largest absolute Gasteiger partial charge is 0.455 e. The summed E-state index contributed by atoms with van der Waals surface area (Å²) >= 11 is 0. The van der Waals surface area contributed by atoms with Crippen molar-refractivity contribution in [3.8, 4) is 0 Å². The number of carbonyl (C=O) groups excluding carboxylic acids is 2. The molecule has 0 N–H and O–H groups in total. The predicted molar refractivity (Wildman–Crippen MR) is 88.1 cm³/mol. The Morgan fingerprint density at radius 2 is 1.92 bits per heavy atom. The van der Waals surface area contributed by atoms with Crippen molar-refractivity contribution in [2.75, 3.05) is 0 Å². The Hall–Kier alpha value is -1.20. The number of ether oxygens (including phenoxy) is 3. The molecule has 1 spiro atoms. The predicted octanol–water partition coefficient (Wildman–Crippen LogP) is 3.02. The summed E-state index contributed by atoms with van der Waals surface area (Å²) in [6, 6.07) is 0. The maximum Gasteiger partial charge on any atom is 0.303 e. The maximum absolute atomic E-state index is 12.3. The highest BCUT2D eigenvalue weighted by Gasteiger charge is 2.67. The van der Waals surface area contributed by atoms with Gasteiger partial charge in [-0.3, -0.25) is 9.59 Å². The van der Waals surface area contributed by atoms with E-state index in [0.29, 0.717) is 0 Å². The fraction of sp³-hybridized carbons (Fsp3) is 0.789. The first-order valence-electron chi connectivity index (χ1n) is 8.82. The summed E-state index contributed by atoms with van der Waals surface area (Å²) in [5, 5.41) is 0. The third-order valence-corrected chi connectivity index (χ3v) is 5.89. The van der Waals surface area contributed by atoms with Crippen LogP contribution in [0.5, 0.6) is 0 Å². The van der Waals surface area contributed by atoms with Crippen LogP contribution in [-0.4, -0.2) is 35.3 Å². The molecule has 3 rings (SSSR count). The monoisotopic (exact) mass is 336 g/mol. The number of carbonyl (C=O) groups is 2. The Bertz CT molecular complexity index is 593. The molecule has 0 radical (unpaired) electrons. The molecule has 1 aliphatic heterocycles.